The van der Waals surface area contributed by atoms with Crippen molar-refractivity contribution in [1.29, 1.82) is 0 Å². The average Bonchev–Trinajstić information content (AvgIpc) is 2.44. The number of rotatable bonds is 7. The Morgan fingerprint density at radius 1 is 1.10 bits per heavy atom. The Bertz CT molecular complexity index is 475. The molecule has 1 rings (SSSR count). The number of hydrogen-bond acceptors (Lipinski definition) is 3. The largest absolute Gasteiger partial charge is 0.355 e. The first-order valence-corrected chi connectivity index (χ1v) is 7.75. The molecule has 0 fully saturated rings. The van der Waals surface area contributed by atoms with E-state index in [2.05, 4.69) is 30.5 Å². The van der Waals surface area contributed by atoms with E-state index in [9.17, 15) is 9.59 Å². The van der Waals surface area contributed by atoms with Gasteiger partial charge in [-0.25, -0.2) is 0 Å². The average molecular weight is 294 g/mol. The van der Waals surface area contributed by atoms with Crippen LogP contribution in [-0.2, 0) is 9.59 Å². The molecule has 0 unspecified atom stereocenters. The molecule has 1 aromatic rings. The highest BCUT2D eigenvalue weighted by Gasteiger charge is 2.06. The zero-order valence-corrected chi connectivity index (χ0v) is 13.1. The van der Waals surface area contributed by atoms with Crippen molar-refractivity contribution in [3.05, 3.63) is 29.3 Å². The van der Waals surface area contributed by atoms with Crippen LogP contribution in [0.15, 0.2) is 23.1 Å². The van der Waals surface area contributed by atoms with Crippen molar-refractivity contribution in [2.24, 2.45) is 0 Å². The van der Waals surface area contributed by atoms with Crippen molar-refractivity contribution in [2.75, 3.05) is 18.8 Å². The molecule has 0 aliphatic heterocycles. The number of hydrogen-bond donors (Lipinski definition) is 2. The van der Waals surface area contributed by atoms with Gasteiger partial charge in [0.05, 0.1) is 12.3 Å². The summed E-state index contributed by atoms with van der Waals surface area (Å²) in [5.74, 6) is 0.0556. The molecule has 0 aliphatic carbocycles. The van der Waals surface area contributed by atoms with E-state index in [1.54, 1.807) is 0 Å². The summed E-state index contributed by atoms with van der Waals surface area (Å²) in [5.41, 5.74) is 2.46. The summed E-state index contributed by atoms with van der Waals surface area (Å²) < 4.78 is 0. The molecule has 0 aromatic heterocycles. The van der Waals surface area contributed by atoms with Crippen LogP contribution in [0.4, 0.5) is 0 Å². The Morgan fingerprint density at radius 2 is 1.85 bits per heavy atom. The number of amides is 2. The summed E-state index contributed by atoms with van der Waals surface area (Å²) in [6.45, 7) is 6.79. The minimum Gasteiger partial charge on any atom is -0.355 e. The van der Waals surface area contributed by atoms with Crippen LogP contribution < -0.4 is 10.6 Å². The quantitative estimate of drug-likeness (QED) is 0.757. The third kappa shape index (κ3) is 6.10. The van der Waals surface area contributed by atoms with Gasteiger partial charge in [-0.1, -0.05) is 13.0 Å². The van der Waals surface area contributed by atoms with Crippen molar-refractivity contribution in [3.63, 3.8) is 0 Å². The molecule has 2 N–H and O–H groups in total. The highest BCUT2D eigenvalue weighted by Crippen LogP contribution is 2.20. The maximum absolute atomic E-state index is 11.6. The fourth-order valence-electron chi connectivity index (χ4n) is 1.51. The summed E-state index contributed by atoms with van der Waals surface area (Å²) in [6.07, 6.45) is 0.891. The minimum atomic E-state index is -0.142. The van der Waals surface area contributed by atoms with Crippen molar-refractivity contribution in [2.45, 2.75) is 32.1 Å². The SMILES string of the molecule is CCCNC(=O)CNC(=O)CSc1ccc(C)c(C)c1. The highest BCUT2D eigenvalue weighted by atomic mass is 32.2. The Hall–Kier alpha value is -1.49. The van der Waals surface area contributed by atoms with Crippen molar-refractivity contribution in [3.8, 4) is 0 Å². The predicted octanol–water partition coefficient (Wildman–Crippen LogP) is 2.04. The molecule has 0 saturated carbocycles. The molecule has 2 amide bonds. The lowest BCUT2D eigenvalue weighted by atomic mass is 10.1. The molecule has 0 bridgehead atoms. The van der Waals surface area contributed by atoms with E-state index < -0.39 is 0 Å². The van der Waals surface area contributed by atoms with Crippen LogP contribution in [0.1, 0.15) is 24.5 Å². The Morgan fingerprint density at radius 3 is 2.50 bits per heavy atom. The second-order valence-electron chi connectivity index (χ2n) is 4.66. The number of carbonyl (C=O) groups is 2. The number of nitrogens with one attached hydrogen (secondary N) is 2. The zero-order valence-electron chi connectivity index (χ0n) is 12.3. The maximum Gasteiger partial charge on any atom is 0.239 e. The first kappa shape index (κ1) is 16.6. The normalized spacial score (nSPS) is 10.2. The maximum atomic E-state index is 11.6. The Labute approximate surface area is 124 Å². The topological polar surface area (TPSA) is 58.2 Å². The predicted molar refractivity (Wildman–Crippen MR) is 83.0 cm³/mol. The van der Waals surface area contributed by atoms with Crippen LogP contribution in [0, 0.1) is 13.8 Å². The molecule has 110 valence electrons. The highest BCUT2D eigenvalue weighted by molar-refractivity contribution is 8.00. The van der Waals surface area contributed by atoms with Gasteiger partial charge >= 0.3 is 0 Å². The molecule has 20 heavy (non-hydrogen) atoms. The lowest BCUT2D eigenvalue weighted by molar-refractivity contribution is -0.124. The van der Waals surface area contributed by atoms with E-state index in [1.807, 2.05) is 19.1 Å². The third-order valence-electron chi connectivity index (χ3n) is 2.87. The molecular formula is C15H22N2O2S. The minimum absolute atomic E-state index is 0.0479. The van der Waals surface area contributed by atoms with Crippen LogP contribution >= 0.6 is 11.8 Å². The van der Waals surface area contributed by atoms with Gasteiger partial charge in [-0.05, 0) is 43.5 Å². The second-order valence-corrected chi connectivity index (χ2v) is 5.71. The second kappa shape index (κ2) is 8.64. The summed E-state index contributed by atoms with van der Waals surface area (Å²) in [7, 11) is 0. The van der Waals surface area contributed by atoms with Gasteiger partial charge in [0.1, 0.15) is 0 Å². The van der Waals surface area contributed by atoms with E-state index in [0.717, 1.165) is 11.3 Å². The first-order chi connectivity index (χ1) is 9.52. The van der Waals surface area contributed by atoms with E-state index in [0.29, 0.717) is 12.3 Å². The van der Waals surface area contributed by atoms with Gasteiger partial charge in [-0.2, -0.15) is 0 Å². The zero-order chi connectivity index (χ0) is 15.0. The van der Waals surface area contributed by atoms with Gasteiger partial charge in [0.2, 0.25) is 11.8 Å². The van der Waals surface area contributed by atoms with Gasteiger partial charge < -0.3 is 10.6 Å². The molecule has 0 spiro atoms. The molecular weight excluding hydrogens is 272 g/mol. The fraction of sp³-hybridized carbons (Fsp3) is 0.467. The standard InChI is InChI=1S/C15H22N2O2S/c1-4-7-16-14(18)9-17-15(19)10-20-13-6-5-11(2)12(3)8-13/h5-6,8H,4,7,9-10H2,1-3H3,(H,16,18)(H,17,19). The van der Waals surface area contributed by atoms with Gasteiger partial charge in [0.15, 0.2) is 0 Å². The number of carbonyl (C=O) groups excluding carboxylic acids is 2. The lowest BCUT2D eigenvalue weighted by Crippen LogP contribution is -2.37. The Balaban J connectivity index is 2.29. The molecule has 0 saturated heterocycles. The molecule has 0 atom stereocenters. The number of benzene rings is 1. The van der Waals surface area contributed by atoms with Crippen molar-refractivity contribution >= 4 is 23.6 Å². The van der Waals surface area contributed by atoms with Crippen LogP contribution in [0.5, 0.6) is 0 Å². The van der Waals surface area contributed by atoms with E-state index >= 15 is 0 Å². The van der Waals surface area contributed by atoms with Gasteiger partial charge in [-0.15, -0.1) is 11.8 Å². The molecule has 0 aliphatic rings. The van der Waals surface area contributed by atoms with Crippen molar-refractivity contribution < 1.29 is 9.59 Å². The third-order valence-corrected chi connectivity index (χ3v) is 3.86. The van der Waals surface area contributed by atoms with Crippen molar-refractivity contribution in [1.82, 2.24) is 10.6 Å². The fourth-order valence-corrected chi connectivity index (χ4v) is 2.33. The first-order valence-electron chi connectivity index (χ1n) is 6.76. The van der Waals surface area contributed by atoms with Crippen LogP contribution in [0.3, 0.4) is 0 Å². The van der Waals surface area contributed by atoms with Crippen LogP contribution in [-0.4, -0.2) is 30.7 Å². The Kier molecular flexibility index (Phi) is 7.15. The van der Waals surface area contributed by atoms with E-state index in [4.69, 9.17) is 0 Å². The molecule has 0 heterocycles. The smallest absolute Gasteiger partial charge is 0.239 e. The summed E-state index contributed by atoms with van der Waals surface area (Å²) in [4.78, 5) is 24.0. The molecule has 4 nitrogen and oxygen atoms in total. The summed E-state index contributed by atoms with van der Waals surface area (Å²) in [6, 6.07) is 6.13. The summed E-state index contributed by atoms with van der Waals surface area (Å²) >= 11 is 1.48. The number of aryl methyl sites for hydroxylation is 2. The van der Waals surface area contributed by atoms with Gasteiger partial charge in [0.25, 0.3) is 0 Å². The monoisotopic (exact) mass is 294 g/mol. The molecule has 0 radical (unpaired) electrons. The van der Waals surface area contributed by atoms with E-state index in [-0.39, 0.29) is 18.4 Å². The molecule has 1 aromatic carbocycles. The van der Waals surface area contributed by atoms with Crippen LogP contribution in [0.25, 0.3) is 0 Å². The van der Waals surface area contributed by atoms with Crippen LogP contribution in [0.2, 0.25) is 0 Å². The van der Waals surface area contributed by atoms with E-state index in [1.165, 1.54) is 22.9 Å². The van der Waals surface area contributed by atoms with Gasteiger partial charge in [-0.3, -0.25) is 9.59 Å². The van der Waals surface area contributed by atoms with Gasteiger partial charge in [0, 0.05) is 11.4 Å². The molecule has 5 heteroatoms. The lowest BCUT2D eigenvalue weighted by Gasteiger charge is -2.07. The summed E-state index contributed by atoms with van der Waals surface area (Å²) in [5, 5.41) is 5.33. The number of thioether (sulfide) groups is 1.